The maximum absolute atomic E-state index is 12.4. The van der Waals surface area contributed by atoms with Crippen molar-refractivity contribution < 1.29 is 9.59 Å². The van der Waals surface area contributed by atoms with Crippen LogP contribution in [0.5, 0.6) is 0 Å². The summed E-state index contributed by atoms with van der Waals surface area (Å²) in [7, 11) is 0. The third kappa shape index (κ3) is 4.57. The number of aryl methyl sites for hydroxylation is 2. The van der Waals surface area contributed by atoms with Crippen LogP contribution in [-0.4, -0.2) is 30.8 Å². The number of nitrogens with one attached hydrogen (secondary N) is 1. The molecule has 0 spiro atoms. The lowest BCUT2D eigenvalue weighted by molar-refractivity contribution is -0.126. The van der Waals surface area contributed by atoms with Crippen molar-refractivity contribution in [3.8, 4) is 0 Å². The molecule has 1 aliphatic rings. The van der Waals surface area contributed by atoms with Crippen LogP contribution in [0.4, 0.5) is 5.69 Å². The second kappa shape index (κ2) is 8.39. The van der Waals surface area contributed by atoms with E-state index in [1.165, 1.54) is 10.5 Å². The first-order valence-corrected chi connectivity index (χ1v) is 10.0. The Morgan fingerprint density at radius 3 is 2.59 bits per heavy atom. The Labute approximate surface area is 163 Å². The monoisotopic (exact) mass is 381 g/mol. The van der Waals surface area contributed by atoms with Crippen molar-refractivity contribution in [3.63, 3.8) is 0 Å². The molecule has 1 N–H and O–H groups in total. The van der Waals surface area contributed by atoms with E-state index >= 15 is 0 Å². The molecule has 140 valence electrons. The predicted molar refractivity (Wildman–Crippen MR) is 110 cm³/mol. The van der Waals surface area contributed by atoms with Crippen LogP contribution >= 0.6 is 11.8 Å². The lowest BCUT2D eigenvalue weighted by Gasteiger charge is -2.17. The Morgan fingerprint density at radius 1 is 1.19 bits per heavy atom. The number of hydrogen-bond donors (Lipinski definition) is 1. The van der Waals surface area contributed by atoms with E-state index in [-0.39, 0.29) is 18.2 Å². The van der Waals surface area contributed by atoms with Gasteiger partial charge in [-0.25, -0.2) is 5.43 Å². The first-order chi connectivity index (χ1) is 13.0. The quantitative estimate of drug-likeness (QED) is 0.490. The van der Waals surface area contributed by atoms with Crippen molar-refractivity contribution in [1.29, 1.82) is 0 Å². The maximum atomic E-state index is 12.4. The summed E-state index contributed by atoms with van der Waals surface area (Å²) in [6.45, 7) is 4.43. The number of nitrogens with zero attached hydrogens (tertiary/aromatic N) is 2. The number of rotatable bonds is 5. The summed E-state index contributed by atoms with van der Waals surface area (Å²) < 4.78 is 0. The Hall–Kier alpha value is -2.60. The minimum absolute atomic E-state index is 0.0324. The number of hydrogen-bond acceptors (Lipinski definition) is 4. The Balaban J connectivity index is 1.59. The van der Waals surface area contributed by atoms with Gasteiger partial charge in [0.15, 0.2) is 0 Å². The van der Waals surface area contributed by atoms with Gasteiger partial charge in [-0.2, -0.15) is 5.10 Å². The summed E-state index contributed by atoms with van der Waals surface area (Å²) in [6.07, 6.45) is 3.84. The molecule has 1 heterocycles. The van der Waals surface area contributed by atoms with Crippen molar-refractivity contribution in [3.05, 3.63) is 59.2 Å². The summed E-state index contributed by atoms with van der Waals surface area (Å²) in [5, 5.41) is 4.03. The minimum atomic E-state index is -0.393. The molecule has 27 heavy (non-hydrogen) atoms. The topological polar surface area (TPSA) is 61.8 Å². The van der Waals surface area contributed by atoms with Crippen molar-refractivity contribution >= 4 is 35.5 Å². The fourth-order valence-corrected chi connectivity index (χ4v) is 3.39. The molecule has 3 rings (SSSR count). The van der Waals surface area contributed by atoms with Crippen LogP contribution in [0.25, 0.3) is 0 Å². The van der Waals surface area contributed by atoms with Gasteiger partial charge in [-0.3, -0.25) is 9.59 Å². The molecule has 0 unspecified atom stereocenters. The first kappa shape index (κ1) is 19.2. The van der Waals surface area contributed by atoms with Crippen molar-refractivity contribution in [1.82, 2.24) is 5.43 Å². The molecule has 1 aliphatic heterocycles. The van der Waals surface area contributed by atoms with E-state index in [1.54, 1.807) is 22.9 Å². The highest BCUT2D eigenvalue weighted by molar-refractivity contribution is 7.98. The van der Waals surface area contributed by atoms with Crippen LogP contribution in [0.2, 0.25) is 0 Å². The predicted octanol–water partition coefficient (Wildman–Crippen LogP) is 3.53. The minimum Gasteiger partial charge on any atom is -0.312 e. The average Bonchev–Trinajstić information content (AvgIpc) is 3.06. The van der Waals surface area contributed by atoms with Crippen LogP contribution in [0.1, 0.15) is 23.1 Å². The number of amides is 2. The first-order valence-electron chi connectivity index (χ1n) is 8.82. The number of anilines is 1. The Morgan fingerprint density at radius 2 is 1.93 bits per heavy atom. The largest absolute Gasteiger partial charge is 0.312 e. The van der Waals surface area contributed by atoms with Crippen LogP contribution < -0.4 is 10.3 Å². The molecule has 2 aromatic rings. The van der Waals surface area contributed by atoms with E-state index in [0.717, 1.165) is 16.8 Å². The molecule has 0 radical (unpaired) electrons. The third-order valence-corrected chi connectivity index (χ3v) is 5.55. The number of hydrazone groups is 1. The van der Waals surface area contributed by atoms with Gasteiger partial charge in [0.2, 0.25) is 11.8 Å². The Kier molecular flexibility index (Phi) is 5.96. The summed E-state index contributed by atoms with van der Waals surface area (Å²) in [6, 6.07) is 13.8. The summed E-state index contributed by atoms with van der Waals surface area (Å²) in [5.74, 6) is -0.656. The smallest absolute Gasteiger partial charge is 0.245 e. The molecule has 5 nitrogen and oxygen atoms in total. The fourth-order valence-electron chi connectivity index (χ4n) is 2.98. The van der Waals surface area contributed by atoms with Crippen LogP contribution in [0.3, 0.4) is 0 Å². The van der Waals surface area contributed by atoms with E-state index in [2.05, 4.69) is 10.5 Å². The average molecular weight is 382 g/mol. The van der Waals surface area contributed by atoms with Crippen LogP contribution in [-0.2, 0) is 9.59 Å². The van der Waals surface area contributed by atoms with Crippen molar-refractivity contribution in [2.45, 2.75) is 25.2 Å². The lowest BCUT2D eigenvalue weighted by Crippen LogP contribution is -2.30. The van der Waals surface area contributed by atoms with Gasteiger partial charge in [-0.15, -0.1) is 11.8 Å². The SMILES string of the molecule is CSc1ccc(/C=N\NC(=O)[C@@H]2CC(=O)N(c3ccc(C)c(C)c3)C2)cc1. The highest BCUT2D eigenvalue weighted by atomic mass is 32.2. The van der Waals surface area contributed by atoms with Crippen molar-refractivity contribution in [2.75, 3.05) is 17.7 Å². The van der Waals surface area contributed by atoms with E-state index in [1.807, 2.05) is 62.6 Å². The zero-order valence-electron chi connectivity index (χ0n) is 15.7. The number of carbonyl (C=O) groups excluding carboxylic acids is 2. The zero-order chi connectivity index (χ0) is 19.4. The molecule has 2 amide bonds. The number of carbonyl (C=O) groups is 2. The molecule has 0 aliphatic carbocycles. The van der Waals surface area contributed by atoms with Crippen molar-refractivity contribution in [2.24, 2.45) is 11.0 Å². The summed E-state index contributed by atoms with van der Waals surface area (Å²) in [5.41, 5.74) is 6.62. The molecule has 2 aromatic carbocycles. The van der Waals surface area contributed by atoms with Gasteiger partial charge in [0, 0.05) is 23.5 Å². The molecule has 1 saturated heterocycles. The van der Waals surface area contributed by atoms with Gasteiger partial charge in [-0.1, -0.05) is 18.2 Å². The summed E-state index contributed by atoms with van der Waals surface area (Å²) >= 11 is 1.67. The second-order valence-electron chi connectivity index (χ2n) is 6.68. The van der Waals surface area contributed by atoms with Gasteiger partial charge in [0.05, 0.1) is 12.1 Å². The van der Waals surface area contributed by atoms with E-state index in [4.69, 9.17) is 0 Å². The third-order valence-electron chi connectivity index (χ3n) is 4.80. The number of thioether (sulfide) groups is 1. The van der Waals surface area contributed by atoms with Gasteiger partial charge >= 0.3 is 0 Å². The molecular formula is C21H23N3O2S. The standard InChI is InChI=1S/C21H23N3O2S/c1-14-4-7-18(10-15(14)2)24-13-17(11-20(24)25)21(26)23-22-12-16-5-8-19(27-3)9-6-16/h4-10,12,17H,11,13H2,1-3H3,(H,23,26)/b22-12-/t17-/m1/s1. The van der Waals surface area contributed by atoms with E-state index in [9.17, 15) is 9.59 Å². The zero-order valence-corrected chi connectivity index (χ0v) is 16.5. The highest BCUT2D eigenvalue weighted by Gasteiger charge is 2.35. The van der Waals surface area contributed by atoms with Crippen LogP contribution in [0, 0.1) is 19.8 Å². The van der Waals surface area contributed by atoms with Gasteiger partial charge < -0.3 is 4.90 Å². The van der Waals surface area contributed by atoms with Gasteiger partial charge in [0.1, 0.15) is 0 Å². The molecule has 0 bridgehead atoms. The molecule has 6 heteroatoms. The Bertz CT molecular complexity index is 877. The van der Waals surface area contributed by atoms with E-state index < -0.39 is 5.92 Å². The second-order valence-corrected chi connectivity index (χ2v) is 7.56. The molecule has 0 aromatic heterocycles. The lowest BCUT2D eigenvalue weighted by atomic mass is 10.1. The molecule has 1 atom stereocenters. The highest BCUT2D eigenvalue weighted by Crippen LogP contribution is 2.26. The normalized spacial score (nSPS) is 16.9. The molecular weight excluding hydrogens is 358 g/mol. The summed E-state index contributed by atoms with van der Waals surface area (Å²) in [4.78, 5) is 27.6. The fraction of sp³-hybridized carbons (Fsp3) is 0.286. The number of benzene rings is 2. The van der Waals surface area contributed by atoms with E-state index in [0.29, 0.717) is 6.54 Å². The van der Waals surface area contributed by atoms with Gasteiger partial charge in [0.25, 0.3) is 0 Å². The van der Waals surface area contributed by atoms with Gasteiger partial charge in [-0.05, 0) is 61.1 Å². The maximum Gasteiger partial charge on any atom is 0.245 e. The molecule has 0 saturated carbocycles. The van der Waals surface area contributed by atoms with Crippen LogP contribution in [0.15, 0.2) is 52.5 Å². The molecule has 1 fully saturated rings.